The number of carbonyl (C=O) groups excluding carboxylic acids is 1. The summed E-state index contributed by atoms with van der Waals surface area (Å²) >= 11 is 0. The first kappa shape index (κ1) is 8.60. The molecule has 0 aromatic rings. The van der Waals surface area contributed by atoms with Crippen molar-refractivity contribution in [1.82, 2.24) is 4.90 Å². The quantitative estimate of drug-likeness (QED) is 0.571. The van der Waals surface area contributed by atoms with Gasteiger partial charge in [-0.2, -0.15) is 0 Å². The van der Waals surface area contributed by atoms with Crippen molar-refractivity contribution >= 4 is 5.97 Å². The van der Waals surface area contributed by atoms with Gasteiger partial charge in [0.1, 0.15) is 11.3 Å². The first-order valence-electron chi connectivity index (χ1n) is 4.80. The van der Waals surface area contributed by atoms with Crippen LogP contribution < -0.4 is 0 Å². The average Bonchev–Trinajstić information content (AvgIpc) is 2.56. The molecule has 3 nitrogen and oxygen atoms in total. The number of hydrogen-bond donors (Lipinski definition) is 0. The van der Waals surface area contributed by atoms with E-state index in [9.17, 15) is 4.79 Å². The summed E-state index contributed by atoms with van der Waals surface area (Å²) in [7, 11) is 0. The van der Waals surface area contributed by atoms with Crippen LogP contribution in [0.2, 0.25) is 0 Å². The van der Waals surface area contributed by atoms with Crippen molar-refractivity contribution in [3.05, 3.63) is 11.8 Å². The number of esters is 1. The van der Waals surface area contributed by atoms with Crippen LogP contribution in [-0.4, -0.2) is 29.6 Å². The Hall–Kier alpha value is -0.990. The van der Waals surface area contributed by atoms with Gasteiger partial charge in [0.25, 0.3) is 0 Å². The third-order valence-corrected chi connectivity index (χ3v) is 2.50. The lowest BCUT2D eigenvalue weighted by Gasteiger charge is -2.15. The van der Waals surface area contributed by atoms with Crippen molar-refractivity contribution < 1.29 is 9.53 Å². The molecule has 0 N–H and O–H groups in total. The van der Waals surface area contributed by atoms with E-state index in [-0.39, 0.29) is 5.97 Å². The Balaban J connectivity index is 2.18. The second kappa shape index (κ2) is 2.76. The molecule has 0 aromatic carbocycles. The number of likely N-dealkylation sites (tertiary alicyclic amines) is 1. The van der Waals surface area contributed by atoms with E-state index in [1.807, 2.05) is 19.9 Å². The first-order valence-corrected chi connectivity index (χ1v) is 4.80. The Morgan fingerprint density at radius 1 is 1.38 bits per heavy atom. The second-order valence-corrected chi connectivity index (χ2v) is 4.22. The Kier molecular flexibility index (Phi) is 1.82. The van der Waals surface area contributed by atoms with Crippen molar-refractivity contribution in [1.29, 1.82) is 0 Å². The van der Waals surface area contributed by atoms with Crippen molar-refractivity contribution in [3.63, 3.8) is 0 Å². The van der Waals surface area contributed by atoms with Crippen LogP contribution in [-0.2, 0) is 9.53 Å². The van der Waals surface area contributed by atoms with E-state index in [0.717, 1.165) is 18.8 Å². The molecular weight excluding hydrogens is 166 g/mol. The summed E-state index contributed by atoms with van der Waals surface area (Å²) in [6.07, 6.45) is 4.30. The van der Waals surface area contributed by atoms with Gasteiger partial charge >= 0.3 is 5.97 Å². The zero-order valence-electron chi connectivity index (χ0n) is 8.17. The molecule has 0 atom stereocenters. The van der Waals surface area contributed by atoms with Gasteiger partial charge in [0, 0.05) is 13.1 Å². The van der Waals surface area contributed by atoms with Crippen LogP contribution in [0.5, 0.6) is 0 Å². The molecule has 0 bridgehead atoms. The molecule has 1 fully saturated rings. The first-order chi connectivity index (χ1) is 6.08. The highest BCUT2D eigenvalue weighted by molar-refractivity contribution is 5.90. The molecule has 0 aromatic heterocycles. The number of cyclic esters (lactones) is 1. The van der Waals surface area contributed by atoms with Gasteiger partial charge in [0.05, 0.1) is 0 Å². The van der Waals surface area contributed by atoms with E-state index in [1.54, 1.807) is 0 Å². The molecule has 0 unspecified atom stereocenters. The van der Waals surface area contributed by atoms with Gasteiger partial charge in [0.2, 0.25) is 0 Å². The summed E-state index contributed by atoms with van der Waals surface area (Å²) in [6.45, 7) is 5.82. The largest absolute Gasteiger partial charge is 0.451 e. The molecule has 72 valence electrons. The topological polar surface area (TPSA) is 29.5 Å². The molecule has 13 heavy (non-hydrogen) atoms. The van der Waals surface area contributed by atoms with Gasteiger partial charge in [-0.05, 0) is 32.8 Å². The molecule has 2 heterocycles. The summed E-state index contributed by atoms with van der Waals surface area (Å²) in [4.78, 5) is 13.6. The Bertz CT molecular complexity index is 262. The summed E-state index contributed by atoms with van der Waals surface area (Å²) < 4.78 is 5.20. The number of carbonyl (C=O) groups is 1. The van der Waals surface area contributed by atoms with Crippen LogP contribution in [0.3, 0.4) is 0 Å². The van der Waals surface area contributed by atoms with Gasteiger partial charge in [-0.3, -0.25) is 0 Å². The van der Waals surface area contributed by atoms with E-state index in [1.165, 1.54) is 12.8 Å². The second-order valence-electron chi connectivity index (χ2n) is 4.22. The maximum absolute atomic E-state index is 11.4. The third-order valence-electron chi connectivity index (χ3n) is 2.50. The van der Waals surface area contributed by atoms with E-state index in [0.29, 0.717) is 0 Å². The van der Waals surface area contributed by atoms with Gasteiger partial charge in [-0.15, -0.1) is 0 Å². The highest BCUT2D eigenvalue weighted by atomic mass is 16.6. The fraction of sp³-hybridized carbons (Fsp3) is 0.700. The fourth-order valence-corrected chi connectivity index (χ4v) is 1.89. The highest BCUT2D eigenvalue weighted by Crippen LogP contribution is 2.27. The number of rotatable bonds is 1. The number of nitrogens with zero attached hydrogens (tertiary/aromatic N) is 1. The third kappa shape index (κ3) is 1.55. The summed E-state index contributed by atoms with van der Waals surface area (Å²) in [5, 5.41) is 0. The minimum absolute atomic E-state index is 0.160. The highest BCUT2D eigenvalue weighted by Gasteiger charge is 2.35. The van der Waals surface area contributed by atoms with E-state index >= 15 is 0 Å². The minimum Gasteiger partial charge on any atom is -0.451 e. The van der Waals surface area contributed by atoms with Crippen LogP contribution in [0.4, 0.5) is 0 Å². The lowest BCUT2D eigenvalue weighted by atomic mass is 10.1. The van der Waals surface area contributed by atoms with Crippen LogP contribution in [0.1, 0.15) is 26.7 Å². The predicted molar refractivity (Wildman–Crippen MR) is 49.1 cm³/mol. The van der Waals surface area contributed by atoms with Gasteiger partial charge in [0.15, 0.2) is 0 Å². The monoisotopic (exact) mass is 181 g/mol. The van der Waals surface area contributed by atoms with Gasteiger partial charge in [-0.1, -0.05) is 0 Å². The smallest absolute Gasteiger partial charge is 0.355 e. The molecule has 1 saturated heterocycles. The van der Waals surface area contributed by atoms with E-state index in [4.69, 9.17) is 4.74 Å². The normalized spacial score (nSPS) is 26.2. The maximum atomic E-state index is 11.4. The van der Waals surface area contributed by atoms with Gasteiger partial charge in [-0.25, -0.2) is 4.79 Å². The molecule has 2 aliphatic rings. The predicted octanol–water partition coefficient (Wildman–Crippen LogP) is 1.30. The summed E-state index contributed by atoms with van der Waals surface area (Å²) in [5.41, 5.74) is 0.358. The van der Waals surface area contributed by atoms with Crippen LogP contribution in [0, 0.1) is 0 Å². The minimum atomic E-state index is -0.408. The average molecular weight is 181 g/mol. The molecule has 0 aliphatic carbocycles. The standard InChI is InChI=1S/C10H15NO2/c1-10(2)7-8(9(12)13-10)11-5-3-4-6-11/h7H,3-6H2,1-2H3. The van der Waals surface area contributed by atoms with Crippen LogP contribution in [0.15, 0.2) is 11.8 Å². The van der Waals surface area contributed by atoms with E-state index < -0.39 is 5.60 Å². The van der Waals surface area contributed by atoms with Crippen LogP contribution >= 0.6 is 0 Å². The Labute approximate surface area is 78.4 Å². The Morgan fingerprint density at radius 3 is 2.46 bits per heavy atom. The molecule has 0 spiro atoms. The summed E-state index contributed by atoms with van der Waals surface area (Å²) in [6, 6.07) is 0. The molecule has 3 heteroatoms. The van der Waals surface area contributed by atoms with Crippen molar-refractivity contribution in [2.45, 2.75) is 32.3 Å². The van der Waals surface area contributed by atoms with Crippen LogP contribution in [0.25, 0.3) is 0 Å². The lowest BCUT2D eigenvalue weighted by Crippen LogP contribution is -2.23. The molecular formula is C10H15NO2. The number of ether oxygens (including phenoxy) is 1. The van der Waals surface area contributed by atoms with E-state index in [2.05, 4.69) is 4.90 Å². The zero-order chi connectivity index (χ0) is 9.47. The molecule has 2 aliphatic heterocycles. The molecule has 0 radical (unpaired) electrons. The fourth-order valence-electron chi connectivity index (χ4n) is 1.89. The zero-order valence-corrected chi connectivity index (χ0v) is 8.17. The summed E-state index contributed by atoms with van der Waals surface area (Å²) in [5.74, 6) is -0.160. The molecule has 0 amide bonds. The van der Waals surface area contributed by atoms with Crippen molar-refractivity contribution in [2.24, 2.45) is 0 Å². The number of hydrogen-bond acceptors (Lipinski definition) is 3. The van der Waals surface area contributed by atoms with Crippen molar-refractivity contribution in [3.8, 4) is 0 Å². The lowest BCUT2D eigenvalue weighted by molar-refractivity contribution is -0.145. The molecule has 2 rings (SSSR count). The molecule has 0 saturated carbocycles. The Morgan fingerprint density at radius 2 is 2.00 bits per heavy atom. The van der Waals surface area contributed by atoms with Gasteiger partial charge < -0.3 is 9.64 Å². The van der Waals surface area contributed by atoms with Crippen molar-refractivity contribution in [2.75, 3.05) is 13.1 Å². The SMILES string of the molecule is CC1(C)C=C(N2CCCC2)C(=O)O1. The maximum Gasteiger partial charge on any atom is 0.355 e.